The molecule has 1 radical (unpaired) electrons. The van der Waals surface area contributed by atoms with Gasteiger partial charge in [0.1, 0.15) is 0 Å². The number of hydrogen-bond acceptors (Lipinski definition) is 3. The SMILES string of the molecule is N#Cc1cc[c-]c(-c2ccccn2)c1.[Ir].[c-]1ccccc1-c1cc(-c2ccccc2)ccn1. The minimum absolute atomic E-state index is 0. The molecule has 5 aromatic rings. The summed E-state index contributed by atoms with van der Waals surface area (Å²) in [5.74, 6) is 0. The van der Waals surface area contributed by atoms with Crippen LogP contribution in [0.4, 0.5) is 0 Å². The van der Waals surface area contributed by atoms with Crippen LogP contribution < -0.4 is 0 Å². The van der Waals surface area contributed by atoms with Gasteiger partial charge in [0.25, 0.3) is 0 Å². The molecule has 161 valence electrons. The molecule has 0 spiro atoms. The largest absolute Gasteiger partial charge is 0.305 e. The summed E-state index contributed by atoms with van der Waals surface area (Å²) < 4.78 is 0. The van der Waals surface area contributed by atoms with Crippen LogP contribution in [0.3, 0.4) is 0 Å². The number of nitriles is 1. The predicted octanol–water partition coefficient (Wildman–Crippen LogP) is 6.63. The molecular weight excluding hydrogens is 583 g/mol. The Morgan fingerprint density at radius 2 is 1.36 bits per heavy atom. The van der Waals surface area contributed by atoms with Gasteiger partial charge in [-0.15, -0.1) is 65.7 Å². The zero-order valence-electron chi connectivity index (χ0n) is 17.6. The quantitative estimate of drug-likeness (QED) is 0.218. The molecule has 0 amide bonds. The van der Waals surface area contributed by atoms with E-state index < -0.39 is 0 Å². The summed E-state index contributed by atoms with van der Waals surface area (Å²) in [5, 5.41) is 8.72. The molecule has 2 heterocycles. The molecule has 0 saturated carbocycles. The third-order valence-electron chi connectivity index (χ3n) is 4.72. The molecule has 0 saturated heterocycles. The Labute approximate surface area is 207 Å². The fraction of sp³-hybridized carbons (Fsp3) is 0. The van der Waals surface area contributed by atoms with Crippen molar-refractivity contribution in [2.24, 2.45) is 0 Å². The van der Waals surface area contributed by atoms with E-state index in [-0.39, 0.29) is 20.1 Å². The number of pyridine rings is 2. The first-order valence-corrected chi connectivity index (χ1v) is 10.2. The van der Waals surface area contributed by atoms with E-state index in [0.29, 0.717) is 5.56 Å². The number of aromatic nitrogens is 2. The van der Waals surface area contributed by atoms with Gasteiger partial charge in [-0.25, -0.2) is 0 Å². The molecule has 33 heavy (non-hydrogen) atoms. The zero-order valence-corrected chi connectivity index (χ0v) is 20.0. The van der Waals surface area contributed by atoms with Gasteiger partial charge in [-0.1, -0.05) is 48.5 Å². The van der Waals surface area contributed by atoms with Crippen molar-refractivity contribution in [2.45, 2.75) is 0 Å². The molecule has 2 aromatic heterocycles. The van der Waals surface area contributed by atoms with E-state index in [1.807, 2.05) is 72.9 Å². The maximum atomic E-state index is 8.72. The fourth-order valence-electron chi connectivity index (χ4n) is 3.15. The van der Waals surface area contributed by atoms with Crippen LogP contribution in [-0.4, -0.2) is 9.97 Å². The van der Waals surface area contributed by atoms with Gasteiger partial charge < -0.3 is 9.97 Å². The summed E-state index contributed by atoms with van der Waals surface area (Å²) >= 11 is 0. The van der Waals surface area contributed by atoms with Gasteiger partial charge in [0.15, 0.2) is 0 Å². The van der Waals surface area contributed by atoms with Gasteiger partial charge in [-0.3, -0.25) is 0 Å². The van der Waals surface area contributed by atoms with Crippen LogP contribution in [0.2, 0.25) is 0 Å². The van der Waals surface area contributed by atoms with Gasteiger partial charge in [-0.2, -0.15) is 5.26 Å². The van der Waals surface area contributed by atoms with Gasteiger partial charge in [-0.05, 0) is 40.2 Å². The maximum Gasteiger partial charge on any atom is 0.0789 e. The Bertz CT molecular complexity index is 1260. The van der Waals surface area contributed by atoms with E-state index in [2.05, 4.69) is 46.4 Å². The van der Waals surface area contributed by atoms with Crippen molar-refractivity contribution >= 4 is 0 Å². The minimum atomic E-state index is 0. The van der Waals surface area contributed by atoms with Crippen molar-refractivity contribution in [3.8, 4) is 39.7 Å². The standard InChI is InChI=1S/C17H12N.C12H7N2.Ir/c1-3-7-14(8-4-1)16-11-12-18-17(13-16)15-9-5-2-6-10-15;13-9-10-4-3-5-11(8-10)12-6-1-2-7-14-12;/h1-9,11-13H;1-4,6-8H;/q2*-1;. The van der Waals surface area contributed by atoms with Gasteiger partial charge >= 0.3 is 0 Å². The molecule has 0 atom stereocenters. The fourth-order valence-corrected chi connectivity index (χ4v) is 3.15. The van der Waals surface area contributed by atoms with Crippen molar-refractivity contribution < 1.29 is 20.1 Å². The molecule has 4 heteroatoms. The first-order chi connectivity index (χ1) is 15.8. The molecule has 0 aliphatic carbocycles. The molecule has 5 rings (SSSR count). The maximum absolute atomic E-state index is 8.72. The third-order valence-corrected chi connectivity index (χ3v) is 4.72. The Balaban J connectivity index is 0.000000186. The van der Waals surface area contributed by atoms with Gasteiger partial charge in [0.2, 0.25) is 0 Å². The van der Waals surface area contributed by atoms with E-state index in [0.717, 1.165) is 22.5 Å². The second kappa shape index (κ2) is 12.2. The zero-order chi connectivity index (χ0) is 22.0. The number of nitrogens with zero attached hydrogens (tertiary/aromatic N) is 3. The predicted molar refractivity (Wildman–Crippen MR) is 127 cm³/mol. The summed E-state index contributed by atoms with van der Waals surface area (Å²) in [4.78, 5) is 8.59. The molecule has 0 unspecified atom stereocenters. The van der Waals surface area contributed by atoms with Crippen LogP contribution in [0.25, 0.3) is 33.6 Å². The van der Waals surface area contributed by atoms with E-state index in [9.17, 15) is 0 Å². The van der Waals surface area contributed by atoms with Crippen LogP contribution >= 0.6 is 0 Å². The number of rotatable bonds is 3. The van der Waals surface area contributed by atoms with E-state index >= 15 is 0 Å². The molecular formula is C29H19IrN3-2. The van der Waals surface area contributed by atoms with Gasteiger partial charge in [0, 0.05) is 32.5 Å². The molecule has 0 fully saturated rings. The topological polar surface area (TPSA) is 49.6 Å². The normalized spacial score (nSPS) is 9.55. The van der Waals surface area contributed by atoms with E-state index in [1.54, 1.807) is 24.4 Å². The summed E-state index contributed by atoms with van der Waals surface area (Å²) in [7, 11) is 0. The Kier molecular flexibility index (Phi) is 8.79. The average molecular weight is 602 g/mol. The smallest absolute Gasteiger partial charge is 0.0789 e. The summed E-state index contributed by atoms with van der Waals surface area (Å²) in [6.07, 6.45) is 3.57. The average Bonchev–Trinajstić information content (AvgIpc) is 2.91. The molecule has 0 aliphatic rings. The third kappa shape index (κ3) is 6.54. The number of hydrogen-bond donors (Lipinski definition) is 0. The minimum Gasteiger partial charge on any atom is -0.305 e. The van der Waals surface area contributed by atoms with Crippen molar-refractivity contribution in [3.63, 3.8) is 0 Å². The Hall–Kier alpha value is -3.90. The first-order valence-electron chi connectivity index (χ1n) is 10.2. The van der Waals surface area contributed by atoms with Crippen LogP contribution in [0, 0.1) is 23.5 Å². The molecule has 3 aromatic carbocycles. The summed E-state index contributed by atoms with van der Waals surface area (Å²) in [6, 6.07) is 41.6. The van der Waals surface area contributed by atoms with Crippen molar-refractivity contribution in [2.75, 3.05) is 0 Å². The van der Waals surface area contributed by atoms with Crippen molar-refractivity contribution in [1.29, 1.82) is 5.26 Å². The van der Waals surface area contributed by atoms with E-state index in [4.69, 9.17) is 5.26 Å². The first kappa shape index (κ1) is 23.8. The molecule has 0 bridgehead atoms. The van der Waals surface area contributed by atoms with Crippen LogP contribution in [0.1, 0.15) is 5.56 Å². The van der Waals surface area contributed by atoms with Crippen LogP contribution in [0.5, 0.6) is 0 Å². The van der Waals surface area contributed by atoms with Crippen LogP contribution in [-0.2, 0) is 20.1 Å². The van der Waals surface area contributed by atoms with E-state index in [1.165, 1.54) is 11.1 Å². The Morgan fingerprint density at radius 1 is 0.606 bits per heavy atom. The summed E-state index contributed by atoms with van der Waals surface area (Å²) in [5.41, 5.74) is 6.68. The van der Waals surface area contributed by atoms with Crippen molar-refractivity contribution in [1.82, 2.24) is 9.97 Å². The second-order valence-electron chi connectivity index (χ2n) is 6.89. The second-order valence-corrected chi connectivity index (χ2v) is 6.89. The molecule has 0 N–H and O–H groups in total. The molecule has 3 nitrogen and oxygen atoms in total. The van der Waals surface area contributed by atoms with Gasteiger partial charge in [0.05, 0.1) is 6.07 Å². The molecule has 0 aliphatic heterocycles. The number of benzene rings is 3. The Morgan fingerprint density at radius 3 is 2.09 bits per heavy atom. The monoisotopic (exact) mass is 602 g/mol. The van der Waals surface area contributed by atoms with Crippen LogP contribution in [0.15, 0.2) is 116 Å². The summed E-state index contributed by atoms with van der Waals surface area (Å²) in [6.45, 7) is 0. The van der Waals surface area contributed by atoms with Crippen molar-refractivity contribution in [3.05, 3.63) is 133 Å².